The number of hydrogen-bond donors (Lipinski definition) is 2. The first-order valence-corrected chi connectivity index (χ1v) is 9.25. The molecule has 0 saturated carbocycles. The largest absolute Gasteiger partial charge is 0.497 e. The van der Waals surface area contributed by atoms with Crippen molar-refractivity contribution in [3.8, 4) is 5.75 Å². The van der Waals surface area contributed by atoms with Crippen molar-refractivity contribution in [1.82, 2.24) is 4.90 Å². The van der Waals surface area contributed by atoms with Crippen molar-refractivity contribution in [3.05, 3.63) is 59.7 Å². The number of hydrogen-bond acceptors (Lipinski definition) is 4. The van der Waals surface area contributed by atoms with Gasteiger partial charge >= 0.3 is 0 Å². The van der Waals surface area contributed by atoms with Gasteiger partial charge in [-0.2, -0.15) is 0 Å². The average Bonchev–Trinajstić information content (AvgIpc) is 2.67. The second kappa shape index (κ2) is 11.2. The third-order valence-corrected chi connectivity index (χ3v) is 4.50. The number of anilines is 1. The predicted molar refractivity (Wildman–Crippen MR) is 124 cm³/mol. The molecule has 0 bridgehead atoms. The van der Waals surface area contributed by atoms with Crippen LogP contribution in [0.1, 0.15) is 18.1 Å². The first kappa shape index (κ1) is 22.4. The Labute approximate surface area is 184 Å². The van der Waals surface area contributed by atoms with Crippen molar-refractivity contribution in [2.45, 2.75) is 26.1 Å². The van der Waals surface area contributed by atoms with Crippen LogP contribution in [0.4, 0.5) is 5.69 Å². The van der Waals surface area contributed by atoms with E-state index in [0.29, 0.717) is 18.6 Å². The molecule has 1 fully saturated rings. The zero-order valence-corrected chi connectivity index (χ0v) is 18.8. The maximum Gasteiger partial charge on any atom is 0.193 e. The van der Waals surface area contributed by atoms with E-state index in [1.165, 1.54) is 5.56 Å². The van der Waals surface area contributed by atoms with Crippen molar-refractivity contribution in [1.29, 1.82) is 0 Å². The second-order valence-electron chi connectivity index (χ2n) is 6.79. The van der Waals surface area contributed by atoms with Gasteiger partial charge in [0, 0.05) is 31.4 Å². The molecule has 1 unspecified atom stereocenters. The average molecular weight is 496 g/mol. The molecule has 1 aliphatic heterocycles. The van der Waals surface area contributed by atoms with Gasteiger partial charge < -0.3 is 20.5 Å². The van der Waals surface area contributed by atoms with Crippen molar-refractivity contribution >= 4 is 35.6 Å². The van der Waals surface area contributed by atoms with Crippen LogP contribution in [-0.2, 0) is 17.8 Å². The number of nitrogens with two attached hydrogens (primary N) is 1. The number of rotatable bonds is 6. The number of nitrogens with zero attached hydrogens (tertiary/aromatic N) is 2. The molecule has 0 spiro atoms. The minimum atomic E-state index is 0. The highest BCUT2D eigenvalue weighted by Gasteiger charge is 2.16. The lowest BCUT2D eigenvalue weighted by Gasteiger charge is -2.31. The van der Waals surface area contributed by atoms with E-state index in [1.807, 2.05) is 24.3 Å². The summed E-state index contributed by atoms with van der Waals surface area (Å²) in [6.45, 7) is 6.34. The zero-order chi connectivity index (χ0) is 19.1. The molecule has 1 heterocycles. The highest BCUT2D eigenvalue weighted by atomic mass is 127. The molecule has 3 rings (SSSR count). The molecule has 2 aromatic carbocycles. The highest BCUT2D eigenvalue weighted by Crippen LogP contribution is 2.16. The fraction of sp³-hybridized carbons (Fsp3) is 0.381. The molecule has 3 N–H and O–H groups in total. The van der Waals surface area contributed by atoms with Crippen molar-refractivity contribution in [2.24, 2.45) is 10.7 Å². The molecule has 1 atom stereocenters. The Hall–Kier alpha value is -1.84. The van der Waals surface area contributed by atoms with E-state index < -0.39 is 0 Å². The molecule has 6 nitrogen and oxygen atoms in total. The van der Waals surface area contributed by atoms with Crippen LogP contribution in [0, 0.1) is 0 Å². The molecular formula is C21H29IN4O2. The molecule has 7 heteroatoms. The van der Waals surface area contributed by atoms with Crippen LogP contribution in [-0.4, -0.2) is 43.8 Å². The predicted octanol–water partition coefficient (Wildman–Crippen LogP) is 3.46. The van der Waals surface area contributed by atoms with E-state index in [2.05, 4.69) is 46.4 Å². The number of guanidine groups is 1. The summed E-state index contributed by atoms with van der Waals surface area (Å²) in [5.41, 5.74) is 9.31. The molecule has 1 aliphatic rings. The van der Waals surface area contributed by atoms with Crippen LogP contribution in [0.5, 0.6) is 5.75 Å². The number of methoxy groups -OCH3 is 1. The third kappa shape index (κ3) is 6.96. The van der Waals surface area contributed by atoms with Crippen LogP contribution in [0.2, 0.25) is 0 Å². The van der Waals surface area contributed by atoms with Crippen molar-refractivity contribution in [3.63, 3.8) is 0 Å². The minimum Gasteiger partial charge on any atom is -0.497 e. The number of aliphatic imine (C=N–C) groups is 1. The third-order valence-electron chi connectivity index (χ3n) is 4.50. The molecule has 1 saturated heterocycles. The van der Waals surface area contributed by atoms with Gasteiger partial charge in [-0.15, -0.1) is 24.0 Å². The first-order valence-electron chi connectivity index (χ1n) is 9.25. The van der Waals surface area contributed by atoms with Gasteiger partial charge in [0.1, 0.15) is 5.75 Å². The summed E-state index contributed by atoms with van der Waals surface area (Å²) in [4.78, 5) is 6.88. The van der Waals surface area contributed by atoms with Gasteiger partial charge in [0.25, 0.3) is 0 Å². The molecule has 152 valence electrons. The SMILES string of the molecule is COc1cccc(NC(N)=NCc2cccc(CN3CCOC(C)C3)c2)c1.I. The van der Waals surface area contributed by atoms with Crippen LogP contribution >= 0.6 is 24.0 Å². The zero-order valence-electron chi connectivity index (χ0n) is 16.4. The summed E-state index contributed by atoms with van der Waals surface area (Å²) >= 11 is 0. The number of ether oxygens (including phenoxy) is 2. The molecule has 2 aromatic rings. The van der Waals surface area contributed by atoms with Crippen LogP contribution in [0.25, 0.3) is 0 Å². The summed E-state index contributed by atoms with van der Waals surface area (Å²) < 4.78 is 10.8. The standard InChI is InChI=1S/C21H28N4O2.HI/c1-16-14-25(9-10-27-16)15-18-6-3-5-17(11-18)13-23-21(22)24-19-7-4-8-20(12-19)26-2;/h3-8,11-12,16H,9-10,13-15H2,1-2H3,(H3,22,23,24);1H. The Morgan fingerprint density at radius 3 is 2.82 bits per heavy atom. The Balaban J connectivity index is 0.00000280. The number of nitrogens with one attached hydrogen (secondary N) is 1. The van der Waals surface area contributed by atoms with Gasteiger partial charge in [-0.1, -0.05) is 30.3 Å². The summed E-state index contributed by atoms with van der Waals surface area (Å²) in [6.07, 6.45) is 0.300. The summed E-state index contributed by atoms with van der Waals surface area (Å²) in [5, 5.41) is 3.10. The molecule has 0 radical (unpaired) electrons. The Morgan fingerprint density at radius 2 is 2.04 bits per heavy atom. The topological polar surface area (TPSA) is 72.1 Å². The van der Waals surface area contributed by atoms with Gasteiger partial charge in [0.05, 0.1) is 26.4 Å². The minimum absolute atomic E-state index is 0. The number of morpholine rings is 1. The fourth-order valence-corrected chi connectivity index (χ4v) is 3.18. The molecule has 28 heavy (non-hydrogen) atoms. The monoisotopic (exact) mass is 496 g/mol. The van der Waals surface area contributed by atoms with Gasteiger partial charge in [-0.3, -0.25) is 4.90 Å². The van der Waals surface area contributed by atoms with Crippen molar-refractivity contribution in [2.75, 3.05) is 32.1 Å². The van der Waals surface area contributed by atoms with Crippen LogP contribution in [0.3, 0.4) is 0 Å². The molecule has 0 aromatic heterocycles. The Morgan fingerprint density at radius 1 is 1.25 bits per heavy atom. The maximum absolute atomic E-state index is 6.02. The normalized spacial score (nSPS) is 17.6. The lowest BCUT2D eigenvalue weighted by atomic mass is 10.1. The van der Waals surface area contributed by atoms with Gasteiger partial charge in [-0.25, -0.2) is 4.99 Å². The van der Waals surface area contributed by atoms with Gasteiger partial charge in [-0.05, 0) is 30.2 Å². The Kier molecular flexibility index (Phi) is 9.01. The van der Waals surface area contributed by atoms with Crippen LogP contribution < -0.4 is 15.8 Å². The van der Waals surface area contributed by atoms with Crippen molar-refractivity contribution < 1.29 is 9.47 Å². The quantitative estimate of drug-likeness (QED) is 0.364. The van der Waals surface area contributed by atoms with E-state index in [1.54, 1.807) is 7.11 Å². The van der Waals surface area contributed by atoms with Gasteiger partial charge in [0.15, 0.2) is 5.96 Å². The summed E-state index contributed by atoms with van der Waals surface area (Å²) in [6, 6.07) is 16.1. The van der Waals surface area contributed by atoms with E-state index >= 15 is 0 Å². The highest BCUT2D eigenvalue weighted by molar-refractivity contribution is 14.0. The summed E-state index contributed by atoms with van der Waals surface area (Å²) in [7, 11) is 1.64. The first-order chi connectivity index (χ1) is 13.1. The summed E-state index contributed by atoms with van der Waals surface area (Å²) in [5.74, 6) is 1.16. The lowest BCUT2D eigenvalue weighted by Crippen LogP contribution is -2.40. The van der Waals surface area contributed by atoms with Gasteiger partial charge in [0.2, 0.25) is 0 Å². The smallest absolute Gasteiger partial charge is 0.193 e. The van der Waals surface area contributed by atoms with E-state index in [-0.39, 0.29) is 24.0 Å². The number of halogens is 1. The maximum atomic E-state index is 6.02. The van der Waals surface area contributed by atoms with E-state index in [0.717, 1.165) is 43.2 Å². The molecular weight excluding hydrogens is 467 g/mol. The lowest BCUT2D eigenvalue weighted by molar-refractivity contribution is -0.0212. The molecule has 0 amide bonds. The van der Waals surface area contributed by atoms with Crippen LogP contribution in [0.15, 0.2) is 53.5 Å². The fourth-order valence-electron chi connectivity index (χ4n) is 3.18. The molecule has 0 aliphatic carbocycles. The Bertz CT molecular complexity index is 785. The number of benzene rings is 2. The van der Waals surface area contributed by atoms with E-state index in [9.17, 15) is 0 Å². The van der Waals surface area contributed by atoms with E-state index in [4.69, 9.17) is 15.2 Å². The second-order valence-corrected chi connectivity index (χ2v) is 6.79.